The van der Waals surface area contributed by atoms with E-state index in [0.717, 1.165) is 31.5 Å². The Kier molecular flexibility index (Phi) is 6.02. The molecule has 0 bridgehead atoms. The van der Waals surface area contributed by atoms with Gasteiger partial charge >= 0.3 is 0 Å². The van der Waals surface area contributed by atoms with Gasteiger partial charge in [-0.3, -0.25) is 9.63 Å². The number of carbonyl (C=O) groups excluding carboxylic acids is 1. The van der Waals surface area contributed by atoms with Crippen LogP contribution in [0.2, 0.25) is 0 Å². The molecule has 0 spiro atoms. The molecule has 1 heterocycles. The van der Waals surface area contributed by atoms with Crippen molar-refractivity contribution >= 4 is 5.91 Å². The van der Waals surface area contributed by atoms with Crippen LogP contribution in [0.15, 0.2) is 30.3 Å². The average molecular weight is 276 g/mol. The summed E-state index contributed by atoms with van der Waals surface area (Å²) in [6, 6.07) is 9.64. The number of carbonyl (C=O) groups is 1. The number of likely N-dealkylation sites (tertiary alicyclic amines) is 1. The molecule has 2 rings (SSSR count). The van der Waals surface area contributed by atoms with Gasteiger partial charge in [-0.15, -0.1) is 0 Å². The van der Waals surface area contributed by atoms with Gasteiger partial charge in [0.25, 0.3) is 0 Å². The smallest absolute Gasteiger partial charge is 0.241 e. The van der Waals surface area contributed by atoms with Gasteiger partial charge in [-0.25, -0.2) is 0 Å². The van der Waals surface area contributed by atoms with Gasteiger partial charge in [0.2, 0.25) is 5.91 Å². The number of hydrogen-bond acceptors (Lipinski definition) is 3. The highest BCUT2D eigenvalue weighted by Gasteiger charge is 2.21. The van der Waals surface area contributed by atoms with E-state index in [1.54, 1.807) is 0 Å². The number of nitrogens with zero attached hydrogens (tertiary/aromatic N) is 1. The van der Waals surface area contributed by atoms with E-state index in [0.29, 0.717) is 6.61 Å². The molecule has 1 unspecified atom stereocenters. The summed E-state index contributed by atoms with van der Waals surface area (Å²) in [5.41, 5.74) is 3.95. The second-order valence-electron chi connectivity index (χ2n) is 5.35. The summed E-state index contributed by atoms with van der Waals surface area (Å²) in [5.74, 6) is 0.139. The SMILES string of the molecule is CC(NOCc1ccccc1)C(=O)N1CCCCCC1. The lowest BCUT2D eigenvalue weighted by molar-refractivity contribution is -0.137. The van der Waals surface area contributed by atoms with Gasteiger partial charge < -0.3 is 4.90 Å². The van der Waals surface area contributed by atoms with E-state index in [1.807, 2.05) is 42.2 Å². The van der Waals surface area contributed by atoms with Crippen molar-refractivity contribution in [2.75, 3.05) is 13.1 Å². The first-order valence-electron chi connectivity index (χ1n) is 7.47. The summed E-state index contributed by atoms with van der Waals surface area (Å²) < 4.78 is 0. The highest BCUT2D eigenvalue weighted by Crippen LogP contribution is 2.10. The molecule has 4 nitrogen and oxygen atoms in total. The largest absolute Gasteiger partial charge is 0.341 e. The van der Waals surface area contributed by atoms with Gasteiger partial charge in [0.1, 0.15) is 6.04 Å². The van der Waals surface area contributed by atoms with Crippen molar-refractivity contribution in [1.29, 1.82) is 0 Å². The van der Waals surface area contributed by atoms with Crippen LogP contribution in [0.1, 0.15) is 38.2 Å². The monoisotopic (exact) mass is 276 g/mol. The van der Waals surface area contributed by atoms with E-state index in [4.69, 9.17) is 4.84 Å². The molecule has 1 aromatic rings. The Morgan fingerprint density at radius 1 is 1.20 bits per heavy atom. The van der Waals surface area contributed by atoms with Crippen LogP contribution < -0.4 is 5.48 Å². The lowest BCUT2D eigenvalue weighted by atomic mass is 10.2. The summed E-state index contributed by atoms with van der Waals surface area (Å²) in [4.78, 5) is 19.7. The number of hydrogen-bond donors (Lipinski definition) is 1. The summed E-state index contributed by atoms with van der Waals surface area (Å²) in [7, 11) is 0. The molecule has 1 aliphatic heterocycles. The molecule has 20 heavy (non-hydrogen) atoms. The lowest BCUT2D eigenvalue weighted by Gasteiger charge is -2.24. The molecule has 0 radical (unpaired) electrons. The van der Waals surface area contributed by atoms with E-state index in [1.165, 1.54) is 12.8 Å². The summed E-state index contributed by atoms with van der Waals surface area (Å²) >= 11 is 0. The minimum absolute atomic E-state index is 0.139. The third kappa shape index (κ3) is 4.62. The van der Waals surface area contributed by atoms with E-state index in [2.05, 4.69) is 5.48 Å². The zero-order valence-electron chi connectivity index (χ0n) is 12.2. The molecule has 0 aromatic heterocycles. The fraction of sp³-hybridized carbons (Fsp3) is 0.562. The van der Waals surface area contributed by atoms with Crippen LogP contribution in [0.3, 0.4) is 0 Å². The van der Waals surface area contributed by atoms with Crippen molar-refractivity contribution in [2.45, 2.75) is 45.3 Å². The quantitative estimate of drug-likeness (QED) is 0.840. The molecule has 1 aromatic carbocycles. The van der Waals surface area contributed by atoms with Gasteiger partial charge in [0.05, 0.1) is 6.61 Å². The van der Waals surface area contributed by atoms with Gasteiger partial charge in [0.15, 0.2) is 0 Å². The zero-order valence-corrected chi connectivity index (χ0v) is 12.2. The number of hydroxylamine groups is 1. The van der Waals surface area contributed by atoms with E-state index < -0.39 is 0 Å². The number of nitrogens with one attached hydrogen (secondary N) is 1. The fourth-order valence-corrected chi connectivity index (χ4v) is 2.44. The molecular weight excluding hydrogens is 252 g/mol. The second kappa shape index (κ2) is 8.02. The average Bonchev–Trinajstić information content (AvgIpc) is 2.76. The molecule has 110 valence electrons. The molecular formula is C16H24N2O2. The third-order valence-electron chi connectivity index (χ3n) is 3.63. The number of amides is 1. The van der Waals surface area contributed by atoms with Crippen LogP contribution in [0.5, 0.6) is 0 Å². The van der Waals surface area contributed by atoms with Crippen LogP contribution in [-0.2, 0) is 16.2 Å². The standard InChI is InChI=1S/C16H24N2O2/c1-14(16(19)18-11-7-2-3-8-12-18)17-20-13-15-9-5-4-6-10-15/h4-6,9-10,14,17H,2-3,7-8,11-13H2,1H3. The van der Waals surface area contributed by atoms with Gasteiger partial charge in [-0.05, 0) is 25.3 Å². The molecule has 1 amide bonds. The van der Waals surface area contributed by atoms with Crippen molar-refractivity contribution in [1.82, 2.24) is 10.4 Å². The van der Waals surface area contributed by atoms with Crippen molar-refractivity contribution in [2.24, 2.45) is 0 Å². The first-order valence-corrected chi connectivity index (χ1v) is 7.47. The number of benzene rings is 1. The Hall–Kier alpha value is -1.39. The Morgan fingerprint density at radius 3 is 2.50 bits per heavy atom. The van der Waals surface area contributed by atoms with Gasteiger partial charge in [-0.2, -0.15) is 5.48 Å². The molecule has 1 saturated heterocycles. The van der Waals surface area contributed by atoms with E-state index >= 15 is 0 Å². The fourth-order valence-electron chi connectivity index (χ4n) is 2.44. The molecule has 1 fully saturated rings. The highest BCUT2D eigenvalue weighted by molar-refractivity contribution is 5.81. The summed E-state index contributed by atoms with van der Waals surface area (Å²) in [6.07, 6.45) is 4.69. The topological polar surface area (TPSA) is 41.6 Å². The maximum atomic E-state index is 12.3. The summed E-state index contributed by atoms with van der Waals surface area (Å²) in [5, 5.41) is 0. The van der Waals surface area contributed by atoms with E-state index in [9.17, 15) is 4.79 Å². The van der Waals surface area contributed by atoms with Crippen molar-refractivity contribution in [3.63, 3.8) is 0 Å². The van der Waals surface area contributed by atoms with Crippen LogP contribution >= 0.6 is 0 Å². The van der Waals surface area contributed by atoms with Crippen molar-refractivity contribution in [3.8, 4) is 0 Å². The Morgan fingerprint density at radius 2 is 1.85 bits per heavy atom. The maximum absolute atomic E-state index is 12.3. The molecule has 0 saturated carbocycles. The lowest BCUT2D eigenvalue weighted by Crippen LogP contribution is -2.45. The van der Waals surface area contributed by atoms with Crippen molar-refractivity contribution < 1.29 is 9.63 Å². The Bertz CT molecular complexity index is 400. The maximum Gasteiger partial charge on any atom is 0.241 e. The normalized spacial score (nSPS) is 17.6. The molecule has 0 aliphatic carbocycles. The van der Waals surface area contributed by atoms with Crippen LogP contribution in [-0.4, -0.2) is 29.9 Å². The minimum Gasteiger partial charge on any atom is -0.341 e. The van der Waals surface area contributed by atoms with Gasteiger partial charge in [-0.1, -0.05) is 43.2 Å². The van der Waals surface area contributed by atoms with Crippen LogP contribution in [0.25, 0.3) is 0 Å². The molecule has 1 N–H and O–H groups in total. The second-order valence-corrected chi connectivity index (χ2v) is 5.35. The predicted octanol–water partition coefficient (Wildman–Crippen LogP) is 2.50. The molecule has 1 aliphatic rings. The Balaban J connectivity index is 1.73. The molecule has 1 atom stereocenters. The Labute approximate surface area is 121 Å². The van der Waals surface area contributed by atoms with E-state index in [-0.39, 0.29) is 11.9 Å². The highest BCUT2D eigenvalue weighted by atomic mass is 16.6. The molecule has 4 heteroatoms. The predicted molar refractivity (Wildman–Crippen MR) is 78.9 cm³/mol. The van der Waals surface area contributed by atoms with Crippen molar-refractivity contribution in [3.05, 3.63) is 35.9 Å². The zero-order chi connectivity index (χ0) is 14.2. The van der Waals surface area contributed by atoms with Crippen LogP contribution in [0, 0.1) is 0 Å². The summed E-state index contributed by atoms with van der Waals surface area (Å²) in [6.45, 7) is 4.09. The minimum atomic E-state index is -0.295. The first kappa shape index (κ1) is 15.0. The van der Waals surface area contributed by atoms with Crippen LogP contribution in [0.4, 0.5) is 0 Å². The number of rotatable bonds is 5. The third-order valence-corrected chi connectivity index (χ3v) is 3.63. The first-order chi connectivity index (χ1) is 9.77. The van der Waals surface area contributed by atoms with Gasteiger partial charge in [0, 0.05) is 13.1 Å².